The second-order valence-electron chi connectivity index (χ2n) is 3.71. The Morgan fingerprint density at radius 2 is 2.20 bits per heavy atom. The first-order chi connectivity index (χ1) is 7.31. The Hall–Kier alpha value is -0.830. The maximum atomic E-state index is 11.3. The van der Waals surface area contributed by atoms with Gasteiger partial charge in [0.15, 0.2) is 0 Å². The second kappa shape index (κ2) is 4.79. The summed E-state index contributed by atoms with van der Waals surface area (Å²) in [5.74, 6) is -0.174. The molecule has 0 radical (unpaired) electrons. The van der Waals surface area contributed by atoms with Gasteiger partial charge in [0.25, 0.3) is 0 Å². The maximum absolute atomic E-state index is 11.3. The molecule has 1 aromatic rings. The molecule has 2 nitrogen and oxygen atoms in total. The average Bonchev–Trinajstić information content (AvgIpc) is 2.61. The van der Waals surface area contributed by atoms with E-state index in [-0.39, 0.29) is 5.97 Å². The molecule has 2 rings (SSSR count). The Morgan fingerprint density at radius 3 is 3.00 bits per heavy atom. The molecule has 15 heavy (non-hydrogen) atoms. The number of alkyl halides is 1. The second-order valence-corrected chi connectivity index (χ2v) is 4.51. The van der Waals surface area contributed by atoms with E-state index in [1.54, 1.807) is 0 Å². The Kier molecular flexibility index (Phi) is 3.41. The normalized spacial score (nSPS) is 13.8. The largest absolute Gasteiger partial charge is 0.457 e. The van der Waals surface area contributed by atoms with Crippen LogP contribution >= 0.6 is 15.9 Å². The topological polar surface area (TPSA) is 26.3 Å². The van der Waals surface area contributed by atoms with Crippen molar-refractivity contribution in [2.24, 2.45) is 0 Å². The molecule has 0 bridgehead atoms. The number of carbonyl (C=O) groups excluding carboxylic acids is 1. The van der Waals surface area contributed by atoms with Crippen molar-refractivity contribution < 1.29 is 9.53 Å². The van der Waals surface area contributed by atoms with Crippen molar-refractivity contribution in [3.05, 3.63) is 34.9 Å². The Labute approximate surface area is 97.8 Å². The van der Waals surface area contributed by atoms with Crippen LogP contribution < -0.4 is 0 Å². The van der Waals surface area contributed by atoms with Crippen molar-refractivity contribution in [2.75, 3.05) is 5.33 Å². The quantitative estimate of drug-likeness (QED) is 0.477. The van der Waals surface area contributed by atoms with Crippen LogP contribution in [0.1, 0.15) is 34.3 Å². The van der Waals surface area contributed by atoms with Gasteiger partial charge in [-0.1, -0.05) is 28.1 Å². The molecule has 0 spiro atoms. The molecule has 1 aliphatic heterocycles. The zero-order valence-electron chi connectivity index (χ0n) is 8.46. The minimum absolute atomic E-state index is 0.174. The number of aryl methyl sites for hydroxylation is 1. The number of ether oxygens (including phenoxy) is 1. The van der Waals surface area contributed by atoms with E-state index in [1.807, 2.05) is 12.1 Å². The first kappa shape index (κ1) is 10.7. The lowest BCUT2D eigenvalue weighted by molar-refractivity contribution is 0.0535. The molecular formula is C12H13BrO2. The first-order valence-electron chi connectivity index (χ1n) is 5.16. The third kappa shape index (κ3) is 2.40. The summed E-state index contributed by atoms with van der Waals surface area (Å²) in [6, 6.07) is 6.07. The van der Waals surface area contributed by atoms with Gasteiger partial charge in [-0.05, 0) is 30.9 Å². The molecule has 80 valence electrons. The van der Waals surface area contributed by atoms with Crippen molar-refractivity contribution >= 4 is 21.9 Å². The number of hydrogen-bond acceptors (Lipinski definition) is 2. The van der Waals surface area contributed by atoms with Crippen molar-refractivity contribution in [1.29, 1.82) is 0 Å². The van der Waals surface area contributed by atoms with Crippen LogP contribution in [0, 0.1) is 0 Å². The molecule has 0 N–H and O–H groups in total. The van der Waals surface area contributed by atoms with E-state index in [0.717, 1.165) is 29.3 Å². The van der Waals surface area contributed by atoms with Gasteiger partial charge in [-0.15, -0.1) is 0 Å². The van der Waals surface area contributed by atoms with Crippen molar-refractivity contribution in [3.63, 3.8) is 0 Å². The van der Waals surface area contributed by atoms with Gasteiger partial charge in [-0.2, -0.15) is 0 Å². The number of hydrogen-bond donors (Lipinski definition) is 0. The SMILES string of the molecule is O=C1OCc2ccc(CCCCBr)cc21. The molecule has 0 aliphatic carbocycles. The van der Waals surface area contributed by atoms with E-state index in [4.69, 9.17) is 4.74 Å². The lowest BCUT2D eigenvalue weighted by atomic mass is 10.0. The summed E-state index contributed by atoms with van der Waals surface area (Å²) in [6.45, 7) is 0.440. The molecule has 0 amide bonds. The van der Waals surface area contributed by atoms with Gasteiger partial charge in [0.05, 0.1) is 5.56 Å². The molecular weight excluding hydrogens is 256 g/mol. The monoisotopic (exact) mass is 268 g/mol. The van der Waals surface area contributed by atoms with Gasteiger partial charge < -0.3 is 4.74 Å². The Morgan fingerprint density at radius 1 is 1.33 bits per heavy atom. The van der Waals surface area contributed by atoms with Crippen molar-refractivity contribution in [2.45, 2.75) is 25.9 Å². The van der Waals surface area contributed by atoms with E-state index >= 15 is 0 Å². The number of benzene rings is 1. The minimum atomic E-state index is -0.174. The summed E-state index contributed by atoms with van der Waals surface area (Å²) in [5.41, 5.74) is 3.00. The lowest BCUT2D eigenvalue weighted by Crippen LogP contribution is -1.95. The molecule has 0 saturated carbocycles. The van der Waals surface area contributed by atoms with Crippen LogP contribution in [0.5, 0.6) is 0 Å². The maximum Gasteiger partial charge on any atom is 0.338 e. The van der Waals surface area contributed by atoms with Gasteiger partial charge in [-0.25, -0.2) is 4.79 Å². The number of rotatable bonds is 4. The van der Waals surface area contributed by atoms with E-state index < -0.39 is 0 Å². The highest BCUT2D eigenvalue weighted by Crippen LogP contribution is 2.21. The summed E-state index contributed by atoms with van der Waals surface area (Å²) in [7, 11) is 0. The number of cyclic esters (lactones) is 1. The molecule has 1 aliphatic rings. The van der Waals surface area contributed by atoms with Gasteiger partial charge >= 0.3 is 5.97 Å². The number of unbranched alkanes of at least 4 members (excludes halogenated alkanes) is 1. The fraction of sp³-hybridized carbons (Fsp3) is 0.417. The molecule has 1 heterocycles. The van der Waals surface area contributed by atoms with E-state index in [0.29, 0.717) is 6.61 Å². The van der Waals surface area contributed by atoms with Crippen molar-refractivity contribution in [1.82, 2.24) is 0 Å². The Balaban J connectivity index is 2.08. The van der Waals surface area contributed by atoms with Gasteiger partial charge in [0.2, 0.25) is 0 Å². The summed E-state index contributed by atoms with van der Waals surface area (Å²) >= 11 is 3.41. The summed E-state index contributed by atoms with van der Waals surface area (Å²) in [4.78, 5) is 11.3. The smallest absolute Gasteiger partial charge is 0.338 e. The molecule has 0 atom stereocenters. The highest BCUT2D eigenvalue weighted by Gasteiger charge is 2.20. The van der Waals surface area contributed by atoms with Gasteiger partial charge in [-0.3, -0.25) is 0 Å². The number of fused-ring (bicyclic) bond motifs is 1. The highest BCUT2D eigenvalue weighted by atomic mass is 79.9. The van der Waals surface area contributed by atoms with Crippen LogP contribution in [0.25, 0.3) is 0 Å². The predicted octanol–water partition coefficient (Wildman–Crippen LogP) is 3.07. The minimum Gasteiger partial charge on any atom is -0.457 e. The fourth-order valence-corrected chi connectivity index (χ4v) is 2.14. The summed E-state index contributed by atoms with van der Waals surface area (Å²) in [5, 5.41) is 1.04. The summed E-state index contributed by atoms with van der Waals surface area (Å²) in [6.07, 6.45) is 3.35. The molecule has 3 heteroatoms. The highest BCUT2D eigenvalue weighted by molar-refractivity contribution is 9.09. The third-order valence-corrected chi connectivity index (χ3v) is 3.16. The molecule has 0 aromatic heterocycles. The molecule has 1 aromatic carbocycles. The fourth-order valence-electron chi connectivity index (χ4n) is 1.74. The molecule has 0 saturated heterocycles. The number of halogens is 1. The average molecular weight is 269 g/mol. The molecule has 0 fully saturated rings. The number of carbonyl (C=O) groups is 1. The number of esters is 1. The Bertz CT molecular complexity index is 374. The van der Waals surface area contributed by atoms with E-state index in [2.05, 4.69) is 22.0 Å². The lowest BCUT2D eigenvalue weighted by Gasteiger charge is -2.01. The van der Waals surface area contributed by atoms with Crippen LogP contribution in [0.15, 0.2) is 18.2 Å². The van der Waals surface area contributed by atoms with Crippen LogP contribution in [0.4, 0.5) is 0 Å². The summed E-state index contributed by atoms with van der Waals surface area (Å²) < 4.78 is 4.96. The van der Waals surface area contributed by atoms with Gasteiger partial charge in [0.1, 0.15) is 6.61 Å². The standard InChI is InChI=1S/C12H13BrO2/c13-6-2-1-3-9-4-5-10-8-15-12(14)11(10)7-9/h4-5,7H,1-3,6,8H2. The van der Waals surface area contributed by atoms with Crippen LogP contribution in [-0.4, -0.2) is 11.3 Å². The first-order valence-corrected chi connectivity index (χ1v) is 6.28. The molecule has 0 unspecified atom stereocenters. The predicted molar refractivity (Wildman–Crippen MR) is 62.3 cm³/mol. The van der Waals surface area contributed by atoms with Crippen molar-refractivity contribution in [3.8, 4) is 0 Å². The van der Waals surface area contributed by atoms with E-state index in [9.17, 15) is 4.79 Å². The van der Waals surface area contributed by atoms with Crippen LogP contribution in [-0.2, 0) is 17.8 Å². The van der Waals surface area contributed by atoms with Crippen LogP contribution in [0.3, 0.4) is 0 Å². The third-order valence-electron chi connectivity index (χ3n) is 2.60. The van der Waals surface area contributed by atoms with E-state index in [1.165, 1.54) is 12.0 Å². The van der Waals surface area contributed by atoms with Crippen LogP contribution in [0.2, 0.25) is 0 Å². The zero-order valence-corrected chi connectivity index (χ0v) is 10.0. The van der Waals surface area contributed by atoms with Gasteiger partial charge in [0, 0.05) is 10.9 Å². The zero-order chi connectivity index (χ0) is 10.7.